The number of ether oxygens (including phenoxy) is 2. The van der Waals surface area contributed by atoms with Gasteiger partial charge in [-0.2, -0.15) is 0 Å². The van der Waals surface area contributed by atoms with Crippen molar-refractivity contribution in [2.45, 2.75) is 20.0 Å². The zero-order valence-corrected chi connectivity index (χ0v) is 18.7. The first kappa shape index (κ1) is 21.1. The molecule has 3 aromatic heterocycles. The van der Waals surface area contributed by atoms with Gasteiger partial charge in [-0.15, -0.1) is 22.7 Å². The van der Waals surface area contributed by atoms with Gasteiger partial charge in [0, 0.05) is 22.4 Å². The number of fused-ring (bicyclic) bond motifs is 1. The fourth-order valence-corrected chi connectivity index (χ4v) is 4.92. The van der Waals surface area contributed by atoms with Crippen molar-refractivity contribution < 1.29 is 14.3 Å². The Balaban J connectivity index is 1.48. The van der Waals surface area contributed by atoms with Gasteiger partial charge in [-0.25, -0.2) is 4.98 Å². The van der Waals surface area contributed by atoms with Crippen molar-refractivity contribution in [2.75, 3.05) is 13.7 Å². The Morgan fingerprint density at radius 3 is 2.84 bits per heavy atom. The number of aromatic nitrogens is 2. The topological polar surface area (TPSA) is 82.5 Å². The Bertz CT molecular complexity index is 1260. The van der Waals surface area contributed by atoms with Crippen LogP contribution in [0.4, 0.5) is 0 Å². The number of rotatable bonds is 8. The molecule has 160 valence electrons. The van der Waals surface area contributed by atoms with Crippen LogP contribution in [-0.2, 0) is 17.9 Å². The fourth-order valence-electron chi connectivity index (χ4n) is 3.20. The van der Waals surface area contributed by atoms with Crippen LogP contribution in [0.3, 0.4) is 0 Å². The molecule has 0 aliphatic rings. The van der Waals surface area contributed by atoms with E-state index in [1.165, 1.54) is 22.2 Å². The summed E-state index contributed by atoms with van der Waals surface area (Å²) < 4.78 is 12.2. The van der Waals surface area contributed by atoms with Gasteiger partial charge in [-0.05, 0) is 36.1 Å². The third-order valence-corrected chi connectivity index (χ3v) is 6.47. The normalized spacial score (nSPS) is 10.9. The summed E-state index contributed by atoms with van der Waals surface area (Å²) in [6.45, 7) is 2.65. The van der Waals surface area contributed by atoms with E-state index in [1.54, 1.807) is 18.4 Å². The Labute approximate surface area is 186 Å². The standard InChI is InChI=1S/C22H21N3O4S2/c1-3-29-16-7-6-14(9-17(16)28-2)10-23-19(26)11-25-13-24-21-20(22(25)27)15(12-31-21)18-5-4-8-30-18/h4-9,12-13H,3,10-11H2,1-2H3,(H,23,26). The van der Waals surface area contributed by atoms with Gasteiger partial charge in [0.05, 0.1) is 25.4 Å². The van der Waals surface area contributed by atoms with Crippen LogP contribution in [0.1, 0.15) is 12.5 Å². The van der Waals surface area contributed by atoms with Crippen LogP contribution in [0.5, 0.6) is 11.5 Å². The molecule has 0 fully saturated rings. The van der Waals surface area contributed by atoms with Gasteiger partial charge in [0.1, 0.15) is 11.4 Å². The van der Waals surface area contributed by atoms with Crippen LogP contribution in [0.15, 0.2) is 52.2 Å². The summed E-state index contributed by atoms with van der Waals surface area (Å²) in [5, 5.41) is 7.31. The number of hydrogen-bond donors (Lipinski definition) is 1. The van der Waals surface area contributed by atoms with Gasteiger partial charge >= 0.3 is 0 Å². The summed E-state index contributed by atoms with van der Waals surface area (Å²) in [5.74, 6) is 0.991. The SMILES string of the molecule is CCOc1ccc(CNC(=O)Cn2cnc3scc(-c4cccs4)c3c2=O)cc1OC. The average Bonchev–Trinajstić information content (AvgIpc) is 3.45. The van der Waals surface area contributed by atoms with Gasteiger partial charge in [-0.1, -0.05) is 12.1 Å². The lowest BCUT2D eigenvalue weighted by atomic mass is 10.2. The van der Waals surface area contributed by atoms with Gasteiger partial charge in [0.25, 0.3) is 5.56 Å². The molecule has 0 bridgehead atoms. The number of amides is 1. The van der Waals surface area contributed by atoms with Crippen molar-refractivity contribution in [3.05, 3.63) is 63.3 Å². The summed E-state index contributed by atoms with van der Waals surface area (Å²) in [4.78, 5) is 31.6. The predicted molar refractivity (Wildman–Crippen MR) is 123 cm³/mol. The van der Waals surface area contributed by atoms with E-state index in [4.69, 9.17) is 9.47 Å². The minimum absolute atomic E-state index is 0.102. The van der Waals surface area contributed by atoms with E-state index in [0.29, 0.717) is 34.9 Å². The predicted octanol–water partition coefficient (Wildman–Crippen LogP) is 3.91. The molecule has 0 atom stereocenters. The molecule has 31 heavy (non-hydrogen) atoms. The fraction of sp³-hybridized carbons (Fsp3) is 0.227. The van der Waals surface area contributed by atoms with E-state index >= 15 is 0 Å². The molecule has 1 N–H and O–H groups in total. The average molecular weight is 456 g/mol. The highest BCUT2D eigenvalue weighted by Gasteiger charge is 2.15. The molecule has 1 amide bonds. The maximum absolute atomic E-state index is 13.0. The zero-order valence-electron chi connectivity index (χ0n) is 17.1. The Kier molecular flexibility index (Phi) is 6.34. The highest BCUT2D eigenvalue weighted by molar-refractivity contribution is 7.18. The minimum Gasteiger partial charge on any atom is -0.493 e. The number of carbonyl (C=O) groups is 1. The number of nitrogens with zero attached hydrogens (tertiary/aromatic N) is 2. The highest BCUT2D eigenvalue weighted by Crippen LogP contribution is 2.33. The molecule has 0 spiro atoms. The zero-order chi connectivity index (χ0) is 21.8. The monoisotopic (exact) mass is 455 g/mol. The first-order valence-electron chi connectivity index (χ1n) is 9.67. The lowest BCUT2D eigenvalue weighted by Gasteiger charge is -2.12. The molecule has 4 aromatic rings. The van der Waals surface area contributed by atoms with E-state index in [1.807, 2.05) is 48.0 Å². The lowest BCUT2D eigenvalue weighted by Crippen LogP contribution is -2.32. The molecule has 3 heterocycles. The summed E-state index contributed by atoms with van der Waals surface area (Å²) in [5.41, 5.74) is 1.52. The van der Waals surface area contributed by atoms with Crippen LogP contribution < -0.4 is 20.3 Å². The smallest absolute Gasteiger partial charge is 0.263 e. The van der Waals surface area contributed by atoms with Crippen molar-refractivity contribution in [3.8, 4) is 21.9 Å². The molecule has 0 aliphatic carbocycles. The first-order valence-corrected chi connectivity index (χ1v) is 11.4. The molecule has 0 radical (unpaired) electrons. The van der Waals surface area contributed by atoms with Gasteiger partial charge in [0.2, 0.25) is 5.91 Å². The number of methoxy groups -OCH3 is 1. The molecular formula is C22H21N3O4S2. The lowest BCUT2D eigenvalue weighted by molar-refractivity contribution is -0.121. The molecule has 4 rings (SSSR count). The maximum Gasteiger partial charge on any atom is 0.263 e. The van der Waals surface area contributed by atoms with Crippen LogP contribution in [0.2, 0.25) is 0 Å². The van der Waals surface area contributed by atoms with Crippen LogP contribution >= 0.6 is 22.7 Å². The molecule has 9 heteroatoms. The van der Waals surface area contributed by atoms with Crippen molar-refractivity contribution in [2.24, 2.45) is 0 Å². The third kappa shape index (κ3) is 4.47. The Morgan fingerprint density at radius 1 is 1.23 bits per heavy atom. The Morgan fingerprint density at radius 2 is 2.10 bits per heavy atom. The Hall–Kier alpha value is -3.17. The summed E-state index contributed by atoms with van der Waals surface area (Å²) in [7, 11) is 1.57. The van der Waals surface area contributed by atoms with Crippen molar-refractivity contribution in [3.63, 3.8) is 0 Å². The van der Waals surface area contributed by atoms with E-state index in [-0.39, 0.29) is 18.0 Å². The van der Waals surface area contributed by atoms with Gasteiger partial charge < -0.3 is 14.8 Å². The summed E-state index contributed by atoms with van der Waals surface area (Å²) >= 11 is 3.00. The van der Waals surface area contributed by atoms with E-state index < -0.39 is 0 Å². The largest absolute Gasteiger partial charge is 0.493 e. The molecule has 0 unspecified atom stereocenters. The molecule has 0 saturated heterocycles. The molecule has 0 saturated carbocycles. The summed E-state index contributed by atoms with van der Waals surface area (Å²) in [6.07, 6.45) is 1.43. The van der Waals surface area contributed by atoms with E-state index in [9.17, 15) is 9.59 Å². The van der Waals surface area contributed by atoms with Gasteiger partial charge in [-0.3, -0.25) is 14.2 Å². The van der Waals surface area contributed by atoms with Crippen molar-refractivity contribution in [1.82, 2.24) is 14.9 Å². The number of nitrogens with one attached hydrogen (secondary N) is 1. The van der Waals surface area contributed by atoms with Crippen molar-refractivity contribution >= 4 is 38.8 Å². The van der Waals surface area contributed by atoms with Crippen LogP contribution in [0.25, 0.3) is 20.7 Å². The second-order valence-electron chi connectivity index (χ2n) is 6.68. The van der Waals surface area contributed by atoms with E-state index in [0.717, 1.165) is 16.0 Å². The van der Waals surface area contributed by atoms with Crippen LogP contribution in [0, 0.1) is 0 Å². The molecule has 1 aromatic carbocycles. The minimum atomic E-state index is -0.274. The summed E-state index contributed by atoms with van der Waals surface area (Å²) in [6, 6.07) is 9.42. The number of thiophene rings is 2. The second-order valence-corrected chi connectivity index (χ2v) is 8.49. The third-order valence-electron chi connectivity index (χ3n) is 4.68. The second kappa shape index (κ2) is 9.32. The molecular weight excluding hydrogens is 434 g/mol. The number of carbonyl (C=O) groups excluding carboxylic acids is 1. The van der Waals surface area contributed by atoms with Crippen molar-refractivity contribution in [1.29, 1.82) is 0 Å². The maximum atomic E-state index is 13.0. The first-order chi connectivity index (χ1) is 15.1. The van der Waals surface area contributed by atoms with Crippen LogP contribution in [-0.4, -0.2) is 29.2 Å². The van der Waals surface area contributed by atoms with E-state index in [2.05, 4.69) is 10.3 Å². The number of benzene rings is 1. The number of hydrogen-bond acceptors (Lipinski definition) is 7. The highest BCUT2D eigenvalue weighted by atomic mass is 32.1. The molecule has 0 aliphatic heterocycles. The molecule has 7 nitrogen and oxygen atoms in total. The quantitative estimate of drug-likeness (QED) is 0.436. The van der Waals surface area contributed by atoms with Gasteiger partial charge in [0.15, 0.2) is 11.5 Å².